The molecule has 0 aromatic carbocycles. The molecule has 1 N–H and O–H groups in total. The summed E-state index contributed by atoms with van der Waals surface area (Å²) in [5.74, 6) is 1.52. The van der Waals surface area contributed by atoms with Crippen LogP contribution in [0.2, 0.25) is 0 Å². The van der Waals surface area contributed by atoms with Gasteiger partial charge < -0.3 is 9.84 Å². The maximum Gasteiger partial charge on any atom is 0.271 e. The van der Waals surface area contributed by atoms with Crippen LogP contribution in [0.4, 0.5) is 0 Å². The molecule has 2 aromatic heterocycles. The van der Waals surface area contributed by atoms with Crippen molar-refractivity contribution in [3.63, 3.8) is 0 Å². The lowest BCUT2D eigenvalue weighted by Gasteiger charge is -2.22. The number of aryl methyl sites for hydroxylation is 1. The molecule has 1 saturated carbocycles. The molecule has 1 aliphatic rings. The first-order chi connectivity index (χ1) is 10.8. The summed E-state index contributed by atoms with van der Waals surface area (Å²) in [6.45, 7) is 8.52. The molecule has 23 heavy (non-hydrogen) atoms. The van der Waals surface area contributed by atoms with E-state index < -0.39 is 0 Å². The molecule has 7 nitrogen and oxygen atoms in total. The lowest BCUT2D eigenvalue weighted by molar-refractivity contribution is 0.0947. The summed E-state index contributed by atoms with van der Waals surface area (Å²) in [6.07, 6.45) is 2.88. The van der Waals surface area contributed by atoms with Gasteiger partial charge in [0.15, 0.2) is 5.82 Å². The largest absolute Gasteiger partial charge is 0.350 e. The zero-order valence-electron chi connectivity index (χ0n) is 14.1. The maximum absolute atomic E-state index is 12.3. The summed E-state index contributed by atoms with van der Waals surface area (Å²) < 4.78 is 7.01. The highest BCUT2D eigenvalue weighted by molar-refractivity contribution is 5.92. The molecule has 124 valence electrons. The van der Waals surface area contributed by atoms with E-state index in [4.69, 9.17) is 4.52 Å². The van der Waals surface area contributed by atoms with Crippen molar-refractivity contribution in [3.8, 4) is 0 Å². The van der Waals surface area contributed by atoms with Crippen molar-refractivity contribution in [3.05, 3.63) is 29.2 Å². The molecule has 1 amide bonds. The molecule has 0 saturated heterocycles. The Morgan fingerprint density at radius 3 is 2.74 bits per heavy atom. The molecular formula is C16H23N5O2. The Morgan fingerprint density at radius 1 is 1.43 bits per heavy atom. The van der Waals surface area contributed by atoms with E-state index in [0.29, 0.717) is 36.3 Å². The van der Waals surface area contributed by atoms with Gasteiger partial charge in [-0.3, -0.25) is 9.48 Å². The van der Waals surface area contributed by atoms with Gasteiger partial charge in [-0.1, -0.05) is 5.16 Å². The molecule has 7 heteroatoms. The van der Waals surface area contributed by atoms with Crippen molar-refractivity contribution in [2.75, 3.05) is 6.54 Å². The van der Waals surface area contributed by atoms with Crippen LogP contribution in [0.1, 0.15) is 67.4 Å². The Balaban J connectivity index is 1.65. The second-order valence-electron chi connectivity index (χ2n) is 7.05. The first-order valence-electron chi connectivity index (χ1n) is 8.02. The molecule has 0 aliphatic heterocycles. The van der Waals surface area contributed by atoms with Gasteiger partial charge in [0, 0.05) is 24.6 Å². The van der Waals surface area contributed by atoms with Crippen LogP contribution in [0.3, 0.4) is 0 Å². The van der Waals surface area contributed by atoms with Gasteiger partial charge in [-0.05, 0) is 46.6 Å². The number of hydrogen-bond donors (Lipinski definition) is 1. The highest BCUT2D eigenvalue weighted by Gasteiger charge is 2.32. The lowest BCUT2D eigenvalue weighted by Crippen LogP contribution is -2.28. The third-order valence-electron chi connectivity index (χ3n) is 3.79. The minimum absolute atomic E-state index is 0.127. The van der Waals surface area contributed by atoms with Crippen LogP contribution in [0.5, 0.6) is 0 Å². The molecule has 1 aliphatic carbocycles. The van der Waals surface area contributed by atoms with E-state index in [1.165, 1.54) is 12.8 Å². The van der Waals surface area contributed by atoms with Gasteiger partial charge in [0.05, 0.1) is 5.54 Å². The average Bonchev–Trinajstić information content (AvgIpc) is 3.06. The molecule has 2 aromatic rings. The van der Waals surface area contributed by atoms with Crippen LogP contribution in [-0.4, -0.2) is 32.4 Å². The molecule has 0 bridgehead atoms. The predicted molar refractivity (Wildman–Crippen MR) is 84.3 cm³/mol. The predicted octanol–water partition coefficient (Wildman–Crippen LogP) is 2.18. The Labute approximate surface area is 135 Å². The number of rotatable bonds is 5. The van der Waals surface area contributed by atoms with Gasteiger partial charge >= 0.3 is 0 Å². The fourth-order valence-electron chi connectivity index (χ4n) is 2.53. The second kappa shape index (κ2) is 5.79. The molecule has 0 spiro atoms. The van der Waals surface area contributed by atoms with Crippen LogP contribution < -0.4 is 5.32 Å². The monoisotopic (exact) mass is 317 g/mol. The molecule has 0 unspecified atom stereocenters. The van der Waals surface area contributed by atoms with Crippen LogP contribution in [0, 0.1) is 6.92 Å². The van der Waals surface area contributed by atoms with E-state index in [2.05, 4.69) is 41.3 Å². The van der Waals surface area contributed by atoms with Gasteiger partial charge in [0.2, 0.25) is 5.89 Å². The summed E-state index contributed by atoms with van der Waals surface area (Å²) in [6, 6.07) is 1.93. The molecule has 3 rings (SSSR count). The summed E-state index contributed by atoms with van der Waals surface area (Å²) >= 11 is 0. The van der Waals surface area contributed by atoms with Gasteiger partial charge in [-0.25, -0.2) is 0 Å². The van der Waals surface area contributed by atoms with Crippen LogP contribution in [0.25, 0.3) is 0 Å². The summed E-state index contributed by atoms with van der Waals surface area (Å²) in [5, 5.41) is 11.1. The highest BCUT2D eigenvalue weighted by atomic mass is 16.5. The van der Waals surface area contributed by atoms with Crippen LogP contribution in [0.15, 0.2) is 10.6 Å². The SMILES string of the molecule is Cc1noc(CCNC(=O)c2cc(C3CC3)n(C(C)(C)C)n2)n1. The van der Waals surface area contributed by atoms with Crippen molar-refractivity contribution in [1.29, 1.82) is 0 Å². The summed E-state index contributed by atoms with van der Waals surface area (Å²) in [5.41, 5.74) is 1.51. The third-order valence-corrected chi connectivity index (χ3v) is 3.79. The Morgan fingerprint density at radius 2 is 2.17 bits per heavy atom. The third kappa shape index (κ3) is 3.60. The van der Waals surface area contributed by atoms with E-state index in [9.17, 15) is 4.79 Å². The standard InChI is InChI=1S/C16H23N5O2/c1-10-18-14(23-20-10)7-8-17-15(22)12-9-13(11-5-6-11)21(19-12)16(2,3)4/h9,11H,5-8H2,1-4H3,(H,17,22). The first-order valence-corrected chi connectivity index (χ1v) is 8.02. The van der Waals surface area contributed by atoms with E-state index in [-0.39, 0.29) is 11.4 Å². The number of nitrogens with zero attached hydrogens (tertiary/aromatic N) is 4. The van der Waals surface area contributed by atoms with E-state index in [1.807, 2.05) is 10.7 Å². The Kier molecular flexibility index (Phi) is 3.95. The van der Waals surface area contributed by atoms with Gasteiger partial charge in [0.25, 0.3) is 5.91 Å². The fourth-order valence-corrected chi connectivity index (χ4v) is 2.53. The van der Waals surface area contributed by atoms with E-state index in [1.54, 1.807) is 6.92 Å². The number of amides is 1. The zero-order valence-corrected chi connectivity index (χ0v) is 14.1. The van der Waals surface area contributed by atoms with Gasteiger partial charge in [-0.15, -0.1) is 0 Å². The van der Waals surface area contributed by atoms with Crippen molar-refractivity contribution >= 4 is 5.91 Å². The normalized spacial score (nSPS) is 15.0. The molecule has 0 atom stereocenters. The number of nitrogens with one attached hydrogen (secondary N) is 1. The summed E-state index contributed by atoms with van der Waals surface area (Å²) in [4.78, 5) is 16.4. The Hall–Kier alpha value is -2.18. The molecular weight excluding hydrogens is 294 g/mol. The van der Waals surface area contributed by atoms with Crippen molar-refractivity contribution < 1.29 is 9.32 Å². The molecule has 1 fully saturated rings. The number of carbonyl (C=O) groups excluding carboxylic acids is 1. The van der Waals surface area contributed by atoms with Crippen molar-refractivity contribution in [2.24, 2.45) is 0 Å². The fraction of sp³-hybridized carbons (Fsp3) is 0.625. The average molecular weight is 317 g/mol. The quantitative estimate of drug-likeness (QED) is 0.913. The van der Waals surface area contributed by atoms with Crippen molar-refractivity contribution in [2.45, 2.75) is 58.4 Å². The van der Waals surface area contributed by atoms with Crippen molar-refractivity contribution in [1.82, 2.24) is 25.2 Å². The first kappa shape index (κ1) is 15.7. The molecule has 2 heterocycles. The van der Waals surface area contributed by atoms with Gasteiger partial charge in [-0.2, -0.15) is 10.1 Å². The topological polar surface area (TPSA) is 85.8 Å². The molecule has 0 radical (unpaired) electrons. The number of hydrogen-bond acceptors (Lipinski definition) is 5. The number of carbonyl (C=O) groups is 1. The van der Waals surface area contributed by atoms with E-state index >= 15 is 0 Å². The minimum Gasteiger partial charge on any atom is -0.350 e. The summed E-state index contributed by atoms with van der Waals surface area (Å²) in [7, 11) is 0. The zero-order chi connectivity index (χ0) is 16.6. The highest BCUT2D eigenvalue weighted by Crippen LogP contribution is 2.41. The second-order valence-corrected chi connectivity index (χ2v) is 7.05. The van der Waals surface area contributed by atoms with Gasteiger partial charge in [0.1, 0.15) is 5.69 Å². The van der Waals surface area contributed by atoms with Crippen LogP contribution in [-0.2, 0) is 12.0 Å². The smallest absolute Gasteiger partial charge is 0.271 e. The Bertz CT molecular complexity index is 706. The minimum atomic E-state index is -0.161. The van der Waals surface area contributed by atoms with E-state index in [0.717, 1.165) is 5.69 Å². The number of aromatic nitrogens is 4. The maximum atomic E-state index is 12.3. The van der Waals surface area contributed by atoms with Crippen LogP contribution >= 0.6 is 0 Å². The lowest BCUT2D eigenvalue weighted by atomic mass is 10.1.